The van der Waals surface area contributed by atoms with E-state index in [2.05, 4.69) is 9.97 Å². The molecule has 0 spiro atoms. The summed E-state index contributed by atoms with van der Waals surface area (Å²) in [6.45, 7) is 1.90. The highest BCUT2D eigenvalue weighted by Gasteiger charge is 2.14. The maximum atomic E-state index is 12.1. The Morgan fingerprint density at radius 1 is 0.962 bits per heavy atom. The lowest BCUT2D eigenvalue weighted by atomic mass is 10.1. The molecule has 26 heavy (non-hydrogen) atoms. The molecule has 3 aromatic rings. The second kappa shape index (κ2) is 8.33. The van der Waals surface area contributed by atoms with E-state index in [1.165, 1.54) is 11.8 Å². The standard InChI is InChI=1S/C19H18N2O3S2/c1-15-14-18(16-8-4-2-5-9-16)21-19(20-15)25-12-13-26(22,23)24-17-10-6-3-7-11-17/h2-11,14H,12-13H2,1H3. The fraction of sp³-hybridized carbons (Fsp3) is 0.158. The molecule has 0 bridgehead atoms. The van der Waals surface area contributed by atoms with Gasteiger partial charge in [0, 0.05) is 17.0 Å². The first-order valence-corrected chi connectivity index (χ1v) is 10.6. The molecule has 5 nitrogen and oxygen atoms in total. The summed E-state index contributed by atoms with van der Waals surface area (Å²) in [6.07, 6.45) is 0. The summed E-state index contributed by atoms with van der Waals surface area (Å²) in [4.78, 5) is 8.90. The van der Waals surface area contributed by atoms with Gasteiger partial charge in [0.15, 0.2) is 5.16 Å². The van der Waals surface area contributed by atoms with Gasteiger partial charge < -0.3 is 4.18 Å². The molecule has 0 amide bonds. The highest BCUT2D eigenvalue weighted by Crippen LogP contribution is 2.22. The average Bonchev–Trinajstić information content (AvgIpc) is 2.62. The number of benzene rings is 2. The van der Waals surface area contributed by atoms with Crippen molar-refractivity contribution in [2.24, 2.45) is 0 Å². The molecule has 0 fully saturated rings. The summed E-state index contributed by atoms with van der Waals surface area (Å²) in [5.74, 6) is 0.507. The molecule has 2 aromatic carbocycles. The number of para-hydroxylation sites is 1. The van der Waals surface area contributed by atoms with Crippen LogP contribution in [-0.4, -0.2) is 29.9 Å². The van der Waals surface area contributed by atoms with Crippen molar-refractivity contribution in [1.29, 1.82) is 0 Å². The van der Waals surface area contributed by atoms with Crippen LogP contribution in [0.15, 0.2) is 71.9 Å². The van der Waals surface area contributed by atoms with Crippen molar-refractivity contribution in [1.82, 2.24) is 9.97 Å². The summed E-state index contributed by atoms with van der Waals surface area (Å²) in [7, 11) is -3.65. The largest absolute Gasteiger partial charge is 0.382 e. The van der Waals surface area contributed by atoms with E-state index in [0.29, 0.717) is 16.7 Å². The molecule has 7 heteroatoms. The van der Waals surface area contributed by atoms with Crippen molar-refractivity contribution in [2.45, 2.75) is 12.1 Å². The molecule has 134 valence electrons. The Hall–Kier alpha value is -2.38. The van der Waals surface area contributed by atoms with Gasteiger partial charge in [-0.15, -0.1) is 0 Å². The molecule has 0 aliphatic heterocycles. The Morgan fingerprint density at radius 3 is 2.31 bits per heavy atom. The van der Waals surface area contributed by atoms with Crippen LogP contribution in [-0.2, 0) is 10.1 Å². The second-order valence-corrected chi connectivity index (χ2v) is 8.30. The third kappa shape index (κ3) is 5.31. The van der Waals surface area contributed by atoms with Crippen molar-refractivity contribution < 1.29 is 12.6 Å². The molecule has 1 heterocycles. The highest BCUT2D eigenvalue weighted by atomic mass is 32.2. The van der Waals surface area contributed by atoms with Gasteiger partial charge in [-0.2, -0.15) is 8.42 Å². The first-order chi connectivity index (χ1) is 12.5. The minimum absolute atomic E-state index is 0.121. The fourth-order valence-corrected chi connectivity index (χ4v) is 4.45. The second-order valence-electron chi connectivity index (χ2n) is 5.55. The van der Waals surface area contributed by atoms with Crippen LogP contribution in [0.25, 0.3) is 11.3 Å². The number of hydrogen-bond acceptors (Lipinski definition) is 6. The summed E-state index contributed by atoms with van der Waals surface area (Å²) in [5, 5.41) is 0.554. The molecular weight excluding hydrogens is 368 g/mol. The van der Waals surface area contributed by atoms with Crippen LogP contribution in [0.3, 0.4) is 0 Å². The fourth-order valence-electron chi connectivity index (χ4n) is 2.26. The van der Waals surface area contributed by atoms with Crippen molar-refractivity contribution >= 4 is 21.9 Å². The lowest BCUT2D eigenvalue weighted by molar-refractivity contribution is 0.488. The SMILES string of the molecule is Cc1cc(-c2ccccc2)nc(SCCS(=O)(=O)Oc2ccccc2)n1. The van der Waals surface area contributed by atoms with Crippen LogP contribution in [0.2, 0.25) is 0 Å². The summed E-state index contributed by atoms with van der Waals surface area (Å²) in [5.41, 5.74) is 2.66. The Kier molecular flexibility index (Phi) is 5.90. The monoisotopic (exact) mass is 386 g/mol. The topological polar surface area (TPSA) is 69.2 Å². The van der Waals surface area contributed by atoms with Gasteiger partial charge in [-0.05, 0) is 25.1 Å². The number of nitrogens with zero attached hydrogens (tertiary/aromatic N) is 2. The van der Waals surface area contributed by atoms with Crippen LogP contribution >= 0.6 is 11.8 Å². The molecule has 0 atom stereocenters. The van der Waals surface area contributed by atoms with E-state index >= 15 is 0 Å². The zero-order valence-electron chi connectivity index (χ0n) is 14.2. The number of aromatic nitrogens is 2. The molecule has 0 saturated carbocycles. The third-order valence-electron chi connectivity index (χ3n) is 3.43. The van der Waals surface area contributed by atoms with Crippen LogP contribution < -0.4 is 4.18 Å². The highest BCUT2D eigenvalue weighted by molar-refractivity contribution is 8.00. The zero-order valence-corrected chi connectivity index (χ0v) is 15.8. The molecule has 0 aliphatic rings. The van der Waals surface area contributed by atoms with Gasteiger partial charge in [-0.25, -0.2) is 9.97 Å². The van der Waals surface area contributed by atoms with Gasteiger partial charge in [-0.1, -0.05) is 60.3 Å². The molecule has 0 unspecified atom stereocenters. The van der Waals surface area contributed by atoms with Gasteiger partial charge in [0.05, 0.1) is 11.4 Å². The van der Waals surface area contributed by atoms with Gasteiger partial charge in [0.2, 0.25) is 0 Å². The maximum absolute atomic E-state index is 12.1. The smallest absolute Gasteiger partial charge is 0.310 e. The zero-order chi connectivity index (χ0) is 18.4. The molecule has 1 aromatic heterocycles. The van der Waals surface area contributed by atoms with Crippen molar-refractivity contribution in [2.75, 3.05) is 11.5 Å². The summed E-state index contributed by atoms with van der Waals surface area (Å²) >= 11 is 1.30. The minimum atomic E-state index is -3.65. The molecule has 0 saturated heterocycles. The normalized spacial score (nSPS) is 11.3. The van der Waals surface area contributed by atoms with Crippen LogP contribution in [0.1, 0.15) is 5.69 Å². The van der Waals surface area contributed by atoms with E-state index in [1.54, 1.807) is 30.3 Å². The lowest BCUT2D eigenvalue weighted by Gasteiger charge is -2.08. The predicted molar refractivity (Wildman–Crippen MR) is 104 cm³/mol. The lowest BCUT2D eigenvalue weighted by Crippen LogP contribution is -2.15. The number of thioether (sulfide) groups is 1. The van der Waals surface area contributed by atoms with Crippen molar-refractivity contribution in [3.05, 3.63) is 72.4 Å². The molecule has 0 radical (unpaired) electrons. The van der Waals surface area contributed by atoms with Crippen molar-refractivity contribution in [3.8, 4) is 17.0 Å². The van der Waals surface area contributed by atoms with Crippen LogP contribution in [0.5, 0.6) is 5.75 Å². The van der Waals surface area contributed by atoms with Gasteiger partial charge in [-0.3, -0.25) is 0 Å². The van der Waals surface area contributed by atoms with Crippen molar-refractivity contribution in [3.63, 3.8) is 0 Å². The number of aryl methyl sites for hydroxylation is 1. The van der Waals surface area contributed by atoms with E-state index in [9.17, 15) is 8.42 Å². The Labute approximate surface area is 157 Å². The quantitative estimate of drug-likeness (QED) is 0.348. The Bertz CT molecular complexity index is 963. The Balaban J connectivity index is 1.64. The molecule has 0 aliphatic carbocycles. The van der Waals surface area contributed by atoms with E-state index in [1.807, 2.05) is 43.3 Å². The average molecular weight is 386 g/mol. The van der Waals surface area contributed by atoms with Gasteiger partial charge in [0.1, 0.15) is 5.75 Å². The van der Waals surface area contributed by atoms with Crippen LogP contribution in [0, 0.1) is 6.92 Å². The molecule has 3 rings (SSSR count). The third-order valence-corrected chi connectivity index (χ3v) is 5.69. The summed E-state index contributed by atoms with van der Waals surface area (Å²) < 4.78 is 29.2. The van der Waals surface area contributed by atoms with Gasteiger partial charge in [0.25, 0.3) is 0 Å². The van der Waals surface area contributed by atoms with E-state index in [4.69, 9.17) is 4.18 Å². The van der Waals surface area contributed by atoms with E-state index < -0.39 is 10.1 Å². The first-order valence-electron chi connectivity index (χ1n) is 8.03. The predicted octanol–water partition coefficient (Wildman–Crippen LogP) is 3.95. The first kappa shape index (κ1) is 18.4. The number of rotatable bonds is 7. The summed E-state index contributed by atoms with van der Waals surface area (Å²) in [6, 6.07) is 20.2. The van der Waals surface area contributed by atoms with E-state index in [0.717, 1.165) is 17.0 Å². The van der Waals surface area contributed by atoms with E-state index in [-0.39, 0.29) is 5.75 Å². The molecular formula is C19H18N2O3S2. The maximum Gasteiger partial charge on any atom is 0.310 e. The Morgan fingerprint density at radius 2 is 1.62 bits per heavy atom. The molecule has 0 N–H and O–H groups in total. The van der Waals surface area contributed by atoms with Gasteiger partial charge >= 0.3 is 10.1 Å². The number of hydrogen-bond donors (Lipinski definition) is 0. The van der Waals surface area contributed by atoms with Crippen LogP contribution in [0.4, 0.5) is 0 Å². The minimum Gasteiger partial charge on any atom is -0.382 e.